The minimum absolute atomic E-state index is 1.09. The zero-order valence-electron chi connectivity index (χ0n) is 33.0. The Hall–Kier alpha value is -7.94. The second-order valence-electron chi connectivity index (χ2n) is 15.3. The predicted octanol–water partition coefficient (Wildman–Crippen LogP) is 16.1. The van der Waals surface area contributed by atoms with Gasteiger partial charge in [-0.15, -0.1) is 0 Å². The lowest BCUT2D eigenvalue weighted by atomic mass is 9.88. The highest BCUT2D eigenvalue weighted by Gasteiger charge is 2.22. The van der Waals surface area contributed by atoms with Crippen molar-refractivity contribution in [1.82, 2.24) is 4.57 Å². The zero-order chi connectivity index (χ0) is 39.8. The van der Waals surface area contributed by atoms with E-state index >= 15 is 0 Å². The SMILES string of the molecule is c1ccc(-c2ccccc2-c2ccccc2-c2ccccc2N(c2cccc(-c3ccc4c(c3)c3ccccc3n4-c3ccccc3)c2)c2cccc3ccccc23)cc1. The standard InChI is InChI=1S/C58H40N2/c1-3-19-41(20-4-1)47-27-9-10-29-49(47)50-30-11-12-31-51(50)52-32-13-15-34-56(52)60(55-36-18-22-42-21-7-8-28-48(42)55)46-26-17-23-43(39-46)44-37-38-58-54(40-44)53-33-14-16-35-57(53)59(58)45-24-5-2-6-25-45/h1-40H. The molecule has 1 heterocycles. The van der Waals surface area contributed by atoms with Gasteiger partial charge in [0.05, 0.1) is 22.4 Å². The molecule has 0 aliphatic heterocycles. The van der Waals surface area contributed by atoms with Crippen molar-refractivity contribution in [3.05, 3.63) is 243 Å². The number of rotatable bonds is 8. The fourth-order valence-corrected chi connectivity index (χ4v) is 9.08. The maximum Gasteiger partial charge on any atom is 0.0541 e. The van der Waals surface area contributed by atoms with Crippen molar-refractivity contribution in [3.63, 3.8) is 0 Å². The van der Waals surface area contributed by atoms with Crippen LogP contribution in [0.4, 0.5) is 17.1 Å². The zero-order valence-corrected chi connectivity index (χ0v) is 33.0. The summed E-state index contributed by atoms with van der Waals surface area (Å²) in [6.45, 7) is 0. The summed E-state index contributed by atoms with van der Waals surface area (Å²) in [5, 5.41) is 4.87. The van der Waals surface area contributed by atoms with Crippen molar-refractivity contribution in [3.8, 4) is 50.2 Å². The number of nitrogens with zero attached hydrogens (tertiary/aromatic N) is 2. The van der Waals surface area contributed by atoms with Gasteiger partial charge in [-0.05, 0) is 98.9 Å². The fraction of sp³-hybridized carbons (Fsp3) is 0. The van der Waals surface area contributed by atoms with Gasteiger partial charge >= 0.3 is 0 Å². The Morgan fingerprint density at radius 2 is 0.800 bits per heavy atom. The lowest BCUT2D eigenvalue weighted by Crippen LogP contribution is -2.12. The molecule has 2 heteroatoms. The first kappa shape index (κ1) is 35.2. The smallest absolute Gasteiger partial charge is 0.0541 e. The molecule has 0 amide bonds. The van der Waals surface area contributed by atoms with Gasteiger partial charge in [0.2, 0.25) is 0 Å². The highest BCUT2D eigenvalue weighted by atomic mass is 15.1. The molecule has 0 atom stereocenters. The maximum absolute atomic E-state index is 2.46. The number of aromatic nitrogens is 1. The number of benzene rings is 10. The van der Waals surface area contributed by atoms with Crippen LogP contribution in [-0.2, 0) is 0 Å². The van der Waals surface area contributed by atoms with E-state index in [0.29, 0.717) is 0 Å². The van der Waals surface area contributed by atoms with Crippen LogP contribution in [0, 0.1) is 0 Å². The van der Waals surface area contributed by atoms with Crippen molar-refractivity contribution in [2.75, 3.05) is 4.90 Å². The number of para-hydroxylation sites is 3. The molecular formula is C58H40N2. The number of hydrogen-bond donors (Lipinski definition) is 0. The van der Waals surface area contributed by atoms with E-state index in [9.17, 15) is 0 Å². The van der Waals surface area contributed by atoms with Crippen molar-refractivity contribution in [2.24, 2.45) is 0 Å². The van der Waals surface area contributed by atoms with Crippen LogP contribution in [0.15, 0.2) is 243 Å². The van der Waals surface area contributed by atoms with E-state index in [1.165, 1.54) is 66.0 Å². The molecule has 0 saturated heterocycles. The molecule has 0 saturated carbocycles. The van der Waals surface area contributed by atoms with Crippen LogP contribution in [0.1, 0.15) is 0 Å². The lowest BCUT2D eigenvalue weighted by Gasteiger charge is -2.30. The van der Waals surface area contributed by atoms with Gasteiger partial charge in [0, 0.05) is 33.1 Å². The first-order chi connectivity index (χ1) is 29.8. The summed E-state index contributed by atoms with van der Waals surface area (Å²) >= 11 is 0. The van der Waals surface area contributed by atoms with Gasteiger partial charge in [-0.1, -0.05) is 188 Å². The monoisotopic (exact) mass is 764 g/mol. The Bertz CT molecular complexity index is 3320. The van der Waals surface area contributed by atoms with Crippen LogP contribution in [0.2, 0.25) is 0 Å². The molecule has 0 spiro atoms. The summed E-state index contributed by atoms with van der Waals surface area (Å²) in [5.41, 5.74) is 16.4. The Morgan fingerprint density at radius 3 is 1.60 bits per heavy atom. The molecule has 0 unspecified atom stereocenters. The van der Waals surface area contributed by atoms with E-state index in [1.807, 2.05) is 0 Å². The molecule has 0 radical (unpaired) electrons. The van der Waals surface area contributed by atoms with E-state index < -0.39 is 0 Å². The minimum atomic E-state index is 1.09. The maximum atomic E-state index is 2.46. The van der Waals surface area contributed by atoms with Crippen molar-refractivity contribution in [2.45, 2.75) is 0 Å². The van der Waals surface area contributed by atoms with Gasteiger partial charge in [0.25, 0.3) is 0 Å². The molecule has 10 aromatic carbocycles. The summed E-state index contributed by atoms with van der Waals surface area (Å²) in [6.07, 6.45) is 0. The van der Waals surface area contributed by atoms with E-state index in [0.717, 1.165) is 33.9 Å². The molecule has 0 aliphatic carbocycles. The fourth-order valence-electron chi connectivity index (χ4n) is 9.08. The lowest BCUT2D eigenvalue weighted by molar-refractivity contribution is 1.18. The largest absolute Gasteiger partial charge is 0.309 e. The molecule has 0 bridgehead atoms. The molecule has 0 N–H and O–H groups in total. The molecule has 1 aromatic heterocycles. The normalized spacial score (nSPS) is 11.3. The molecule has 2 nitrogen and oxygen atoms in total. The number of hydrogen-bond acceptors (Lipinski definition) is 1. The van der Waals surface area contributed by atoms with Crippen molar-refractivity contribution < 1.29 is 0 Å². The average Bonchev–Trinajstić information content (AvgIpc) is 3.66. The third-order valence-electron chi connectivity index (χ3n) is 11.8. The Labute approximate surface area is 350 Å². The Balaban J connectivity index is 1.10. The number of fused-ring (bicyclic) bond motifs is 4. The van der Waals surface area contributed by atoms with Crippen LogP contribution < -0.4 is 4.90 Å². The van der Waals surface area contributed by atoms with Crippen molar-refractivity contribution >= 4 is 49.6 Å². The molecule has 11 aromatic rings. The topological polar surface area (TPSA) is 8.17 Å². The molecule has 0 fully saturated rings. The first-order valence-corrected chi connectivity index (χ1v) is 20.6. The third-order valence-corrected chi connectivity index (χ3v) is 11.8. The van der Waals surface area contributed by atoms with Gasteiger partial charge in [-0.3, -0.25) is 0 Å². The van der Waals surface area contributed by atoms with Crippen LogP contribution >= 0.6 is 0 Å². The highest BCUT2D eigenvalue weighted by Crippen LogP contribution is 2.47. The molecule has 282 valence electrons. The molecular weight excluding hydrogens is 725 g/mol. The van der Waals surface area contributed by atoms with Gasteiger partial charge < -0.3 is 9.47 Å². The minimum Gasteiger partial charge on any atom is -0.309 e. The third kappa shape index (κ3) is 6.14. The van der Waals surface area contributed by atoms with Crippen LogP contribution in [0.25, 0.3) is 82.8 Å². The van der Waals surface area contributed by atoms with Gasteiger partial charge in [0.1, 0.15) is 0 Å². The summed E-state index contributed by atoms with van der Waals surface area (Å²) in [5.74, 6) is 0. The first-order valence-electron chi connectivity index (χ1n) is 20.6. The number of anilines is 3. The van der Waals surface area contributed by atoms with E-state index in [-0.39, 0.29) is 0 Å². The molecule has 60 heavy (non-hydrogen) atoms. The summed E-state index contributed by atoms with van der Waals surface area (Å²) in [4.78, 5) is 2.46. The van der Waals surface area contributed by atoms with Crippen molar-refractivity contribution in [1.29, 1.82) is 0 Å². The second-order valence-corrected chi connectivity index (χ2v) is 15.3. The Morgan fingerprint density at radius 1 is 0.283 bits per heavy atom. The second kappa shape index (κ2) is 15.1. The quantitative estimate of drug-likeness (QED) is 0.150. The predicted molar refractivity (Wildman–Crippen MR) is 255 cm³/mol. The van der Waals surface area contributed by atoms with Crippen LogP contribution in [0.3, 0.4) is 0 Å². The van der Waals surface area contributed by atoms with Gasteiger partial charge in [-0.2, -0.15) is 0 Å². The summed E-state index contributed by atoms with van der Waals surface area (Å²) in [6, 6.07) is 87.9. The molecule has 0 aliphatic rings. The Kier molecular flexibility index (Phi) is 8.87. The van der Waals surface area contributed by atoms with Crippen LogP contribution in [-0.4, -0.2) is 4.57 Å². The summed E-state index contributed by atoms with van der Waals surface area (Å²) < 4.78 is 2.38. The van der Waals surface area contributed by atoms with Gasteiger partial charge in [0.15, 0.2) is 0 Å². The molecule has 11 rings (SSSR count). The van der Waals surface area contributed by atoms with E-state index in [1.54, 1.807) is 0 Å². The van der Waals surface area contributed by atoms with E-state index in [4.69, 9.17) is 0 Å². The van der Waals surface area contributed by atoms with Gasteiger partial charge in [-0.25, -0.2) is 0 Å². The summed E-state index contributed by atoms with van der Waals surface area (Å²) in [7, 11) is 0. The highest BCUT2D eigenvalue weighted by molar-refractivity contribution is 6.11. The van der Waals surface area contributed by atoms with Crippen LogP contribution in [0.5, 0.6) is 0 Å². The van der Waals surface area contributed by atoms with E-state index in [2.05, 4.69) is 252 Å². The average molecular weight is 765 g/mol.